The average molecular weight is 407 g/mol. The maximum Gasteiger partial charge on any atom is 0.418 e. The zero-order chi connectivity index (χ0) is 21.1. The second-order valence-corrected chi connectivity index (χ2v) is 6.76. The Morgan fingerprint density at radius 3 is 2.60 bits per heavy atom. The number of halogens is 3. The second-order valence-electron chi connectivity index (χ2n) is 6.76. The second kappa shape index (κ2) is 8.06. The number of rotatable bonds is 5. The van der Waals surface area contributed by atoms with Crippen LogP contribution >= 0.6 is 0 Å². The number of alkyl halides is 3. The van der Waals surface area contributed by atoms with Crippen molar-refractivity contribution in [2.45, 2.75) is 12.7 Å². The smallest absolute Gasteiger partial charge is 0.418 e. The highest BCUT2D eigenvalue weighted by Crippen LogP contribution is 2.37. The fraction of sp³-hybridized carbons (Fsp3) is 0.125. The number of para-hydroxylation sites is 1. The monoisotopic (exact) mass is 407 g/mol. The summed E-state index contributed by atoms with van der Waals surface area (Å²) in [5.74, 6) is 0.779. The number of hydrogen-bond donors (Lipinski definition) is 1. The third kappa shape index (κ3) is 4.08. The van der Waals surface area contributed by atoms with Crippen LogP contribution in [0.25, 0.3) is 22.0 Å². The zero-order valence-electron chi connectivity index (χ0n) is 16.1. The predicted molar refractivity (Wildman–Crippen MR) is 111 cm³/mol. The number of aromatic nitrogens is 1. The first kappa shape index (κ1) is 19.8. The van der Waals surface area contributed by atoms with E-state index in [0.29, 0.717) is 17.5 Å². The van der Waals surface area contributed by atoms with Gasteiger partial charge in [-0.2, -0.15) is 13.2 Å². The number of nitrogens with one attached hydrogen (secondary N) is 1. The molecule has 0 saturated carbocycles. The van der Waals surface area contributed by atoms with E-state index in [1.165, 1.54) is 12.3 Å². The van der Waals surface area contributed by atoms with E-state index in [0.717, 1.165) is 28.6 Å². The van der Waals surface area contributed by atoms with Gasteiger partial charge < -0.3 is 10.1 Å². The zero-order valence-corrected chi connectivity index (χ0v) is 16.1. The van der Waals surface area contributed by atoms with Gasteiger partial charge in [0.1, 0.15) is 5.75 Å². The molecule has 0 saturated heterocycles. The molecule has 3 nitrogen and oxygen atoms in total. The molecule has 0 aliphatic heterocycles. The minimum Gasteiger partial charge on any atom is -0.497 e. The molecule has 0 amide bonds. The lowest BCUT2D eigenvalue weighted by molar-refractivity contribution is -0.136. The summed E-state index contributed by atoms with van der Waals surface area (Å²) in [6.07, 6.45) is -3.17. The van der Waals surface area contributed by atoms with Gasteiger partial charge in [0, 0.05) is 35.4 Å². The van der Waals surface area contributed by atoms with Crippen LogP contribution in [-0.2, 0) is 12.7 Å². The summed E-state index contributed by atoms with van der Waals surface area (Å²) < 4.78 is 45.3. The van der Waals surface area contributed by atoms with Crippen LogP contribution in [0.2, 0.25) is 0 Å². The standard InChI is InChI=1S/C24H18F3N2O/c1-30-19-8-2-5-16(13-19)15-29-18-7-3-6-17(14-18)20-11-12-28-23-21(20)9-4-10-22(23)24(25,26)27/h2-10,12-14,29H,15H2,1H3. The molecule has 0 fully saturated rings. The van der Waals surface area contributed by atoms with Gasteiger partial charge >= 0.3 is 6.18 Å². The minimum atomic E-state index is -4.47. The lowest BCUT2D eigenvalue weighted by Crippen LogP contribution is -2.06. The Morgan fingerprint density at radius 2 is 1.80 bits per heavy atom. The van der Waals surface area contributed by atoms with Gasteiger partial charge in [0.15, 0.2) is 0 Å². The normalized spacial score (nSPS) is 11.5. The van der Waals surface area contributed by atoms with Crippen LogP contribution in [0.4, 0.5) is 18.9 Å². The summed E-state index contributed by atoms with van der Waals surface area (Å²) in [6.45, 7) is 0.583. The summed E-state index contributed by atoms with van der Waals surface area (Å²) >= 11 is 0. The Kier molecular flexibility index (Phi) is 5.31. The fourth-order valence-corrected chi connectivity index (χ4v) is 3.36. The number of methoxy groups -OCH3 is 1. The fourth-order valence-electron chi connectivity index (χ4n) is 3.36. The van der Waals surface area contributed by atoms with E-state index in [2.05, 4.69) is 16.4 Å². The SMILES string of the molecule is COc1cccc(CNc2cccc(-c3[c]cnc4c(C(F)(F)F)cccc34)c2)c1. The Labute approximate surface area is 172 Å². The molecule has 1 N–H and O–H groups in total. The average Bonchev–Trinajstić information content (AvgIpc) is 2.76. The molecule has 0 spiro atoms. The highest BCUT2D eigenvalue weighted by atomic mass is 19.4. The molecule has 3 aromatic carbocycles. The van der Waals surface area contributed by atoms with Crippen LogP contribution in [0.5, 0.6) is 5.75 Å². The maximum absolute atomic E-state index is 13.4. The van der Waals surface area contributed by atoms with Crippen LogP contribution in [0, 0.1) is 6.07 Å². The van der Waals surface area contributed by atoms with Gasteiger partial charge in [-0.05, 0) is 41.5 Å². The van der Waals surface area contributed by atoms with Gasteiger partial charge in [-0.1, -0.05) is 36.4 Å². The molecule has 4 rings (SSSR count). The van der Waals surface area contributed by atoms with Crippen molar-refractivity contribution in [1.82, 2.24) is 4.98 Å². The topological polar surface area (TPSA) is 34.1 Å². The van der Waals surface area contributed by atoms with Gasteiger partial charge in [0.2, 0.25) is 0 Å². The van der Waals surface area contributed by atoms with Crippen molar-refractivity contribution >= 4 is 16.6 Å². The van der Waals surface area contributed by atoms with Crippen LogP contribution in [0.15, 0.2) is 72.9 Å². The largest absolute Gasteiger partial charge is 0.497 e. The molecule has 0 aliphatic rings. The molecular weight excluding hydrogens is 389 g/mol. The molecule has 0 unspecified atom stereocenters. The van der Waals surface area contributed by atoms with E-state index in [1.54, 1.807) is 13.2 Å². The molecule has 1 heterocycles. The van der Waals surface area contributed by atoms with Gasteiger partial charge in [-0.15, -0.1) is 0 Å². The Balaban J connectivity index is 1.66. The molecular formula is C24H18F3N2O. The Hall–Kier alpha value is -3.54. The van der Waals surface area contributed by atoms with E-state index in [1.807, 2.05) is 48.5 Å². The number of benzene rings is 3. The van der Waals surface area contributed by atoms with E-state index in [-0.39, 0.29) is 5.52 Å². The lowest BCUT2D eigenvalue weighted by Gasteiger charge is -2.13. The summed E-state index contributed by atoms with van der Waals surface area (Å²) in [5.41, 5.74) is 2.42. The molecule has 1 radical (unpaired) electrons. The van der Waals surface area contributed by atoms with E-state index in [9.17, 15) is 13.2 Å². The summed E-state index contributed by atoms with van der Waals surface area (Å²) in [7, 11) is 1.62. The number of anilines is 1. The first-order chi connectivity index (χ1) is 14.5. The third-order valence-electron chi connectivity index (χ3n) is 4.80. The Bertz CT molecular complexity index is 1190. The predicted octanol–water partition coefficient (Wildman–Crippen LogP) is 6.34. The number of hydrogen-bond acceptors (Lipinski definition) is 3. The van der Waals surface area contributed by atoms with Crippen LogP contribution < -0.4 is 10.1 Å². The molecule has 0 atom stereocenters. The van der Waals surface area contributed by atoms with Crippen molar-refractivity contribution in [2.24, 2.45) is 0 Å². The molecule has 0 bridgehead atoms. The molecule has 4 aromatic rings. The van der Waals surface area contributed by atoms with Gasteiger partial charge in [0.25, 0.3) is 0 Å². The van der Waals surface area contributed by atoms with Crippen molar-refractivity contribution in [1.29, 1.82) is 0 Å². The van der Waals surface area contributed by atoms with Crippen molar-refractivity contribution in [2.75, 3.05) is 12.4 Å². The van der Waals surface area contributed by atoms with Gasteiger partial charge in [0.05, 0.1) is 18.2 Å². The highest BCUT2D eigenvalue weighted by molar-refractivity contribution is 5.96. The van der Waals surface area contributed by atoms with Crippen molar-refractivity contribution in [3.05, 3.63) is 90.1 Å². The van der Waals surface area contributed by atoms with Gasteiger partial charge in [-0.25, -0.2) is 0 Å². The molecule has 30 heavy (non-hydrogen) atoms. The number of fused-ring (bicyclic) bond motifs is 1. The van der Waals surface area contributed by atoms with Gasteiger partial charge in [-0.3, -0.25) is 4.98 Å². The Morgan fingerprint density at radius 1 is 1.00 bits per heavy atom. The van der Waals surface area contributed by atoms with E-state index >= 15 is 0 Å². The molecule has 151 valence electrons. The van der Waals surface area contributed by atoms with Crippen LogP contribution in [-0.4, -0.2) is 12.1 Å². The third-order valence-corrected chi connectivity index (χ3v) is 4.80. The highest BCUT2D eigenvalue weighted by Gasteiger charge is 2.33. The van der Waals surface area contributed by atoms with Crippen molar-refractivity contribution in [3.63, 3.8) is 0 Å². The molecule has 0 aliphatic carbocycles. The van der Waals surface area contributed by atoms with Crippen molar-refractivity contribution in [3.8, 4) is 16.9 Å². The summed E-state index contributed by atoms with van der Waals surface area (Å²) in [4.78, 5) is 3.95. The first-order valence-corrected chi connectivity index (χ1v) is 9.29. The van der Waals surface area contributed by atoms with E-state index in [4.69, 9.17) is 4.74 Å². The summed E-state index contributed by atoms with van der Waals surface area (Å²) in [5, 5.41) is 3.76. The summed E-state index contributed by atoms with van der Waals surface area (Å²) in [6, 6.07) is 22.3. The molecule has 1 aromatic heterocycles. The quantitative estimate of drug-likeness (QED) is 0.419. The van der Waals surface area contributed by atoms with Crippen LogP contribution in [0.1, 0.15) is 11.1 Å². The number of pyridine rings is 1. The lowest BCUT2D eigenvalue weighted by atomic mass is 9.99. The number of nitrogens with zero attached hydrogens (tertiary/aromatic N) is 1. The van der Waals surface area contributed by atoms with E-state index < -0.39 is 11.7 Å². The van der Waals surface area contributed by atoms with Crippen LogP contribution in [0.3, 0.4) is 0 Å². The number of ether oxygens (including phenoxy) is 1. The minimum absolute atomic E-state index is 0.0755. The molecule has 6 heteroatoms. The maximum atomic E-state index is 13.4. The van der Waals surface area contributed by atoms with Crippen molar-refractivity contribution < 1.29 is 17.9 Å². The first-order valence-electron chi connectivity index (χ1n) is 9.29.